The number of nitrogens with zero attached hydrogens (tertiary/aromatic N) is 6. The highest BCUT2D eigenvalue weighted by molar-refractivity contribution is 5.84. The number of piperazine rings is 1. The molecule has 0 saturated carbocycles. The lowest BCUT2D eigenvalue weighted by molar-refractivity contribution is 0.0158. The number of benzene rings is 2. The van der Waals surface area contributed by atoms with E-state index in [0.29, 0.717) is 37.9 Å². The summed E-state index contributed by atoms with van der Waals surface area (Å²) in [6.45, 7) is 14.3. The van der Waals surface area contributed by atoms with Gasteiger partial charge in [-0.1, -0.05) is 54.6 Å². The van der Waals surface area contributed by atoms with Crippen molar-refractivity contribution in [2.75, 3.05) is 29.9 Å². The standard InChI is InChI=1S/C31H39N7O2/c1-21(2)38-20-33-26-27(32-18-23-12-14-25(15-13-23)24-10-8-7-9-11-24)34-29(35-28(26)38)36-16-17-37(22(3)19-36)30(39)40-31(4,5)6/h7-15,20-22H,16-19H2,1-6H3,(H,32,34,35). The van der Waals surface area contributed by atoms with Gasteiger partial charge in [0.1, 0.15) is 5.60 Å². The van der Waals surface area contributed by atoms with Crippen LogP contribution in [0.2, 0.25) is 0 Å². The number of ether oxygens (including phenoxy) is 1. The smallest absolute Gasteiger partial charge is 0.410 e. The summed E-state index contributed by atoms with van der Waals surface area (Å²) in [6.07, 6.45) is 1.55. The minimum Gasteiger partial charge on any atom is -0.444 e. The maximum atomic E-state index is 12.7. The zero-order valence-electron chi connectivity index (χ0n) is 24.3. The van der Waals surface area contributed by atoms with Crippen molar-refractivity contribution in [2.24, 2.45) is 0 Å². The lowest BCUT2D eigenvalue weighted by Crippen LogP contribution is -2.55. The van der Waals surface area contributed by atoms with Crippen molar-refractivity contribution in [2.45, 2.75) is 65.8 Å². The number of nitrogens with one attached hydrogen (secondary N) is 1. The molecule has 1 aliphatic rings. The molecule has 0 aliphatic carbocycles. The van der Waals surface area contributed by atoms with E-state index in [1.54, 1.807) is 4.90 Å². The number of anilines is 2. The largest absolute Gasteiger partial charge is 0.444 e. The lowest BCUT2D eigenvalue weighted by Gasteiger charge is -2.40. The van der Waals surface area contributed by atoms with E-state index >= 15 is 0 Å². The summed E-state index contributed by atoms with van der Waals surface area (Å²) in [7, 11) is 0. The van der Waals surface area contributed by atoms with Crippen LogP contribution in [-0.4, -0.2) is 61.8 Å². The Kier molecular flexibility index (Phi) is 7.65. The second-order valence-electron chi connectivity index (χ2n) is 11.7. The Labute approximate surface area is 236 Å². The first-order valence-electron chi connectivity index (χ1n) is 14.0. The molecule has 1 fully saturated rings. The molecule has 1 amide bonds. The molecule has 3 heterocycles. The lowest BCUT2D eigenvalue weighted by atomic mass is 10.0. The number of imidazole rings is 1. The monoisotopic (exact) mass is 541 g/mol. The third-order valence-electron chi connectivity index (χ3n) is 7.03. The fraction of sp³-hybridized carbons (Fsp3) is 0.419. The second kappa shape index (κ2) is 11.2. The summed E-state index contributed by atoms with van der Waals surface area (Å²) < 4.78 is 7.69. The quantitative estimate of drug-likeness (QED) is 0.314. The van der Waals surface area contributed by atoms with Gasteiger partial charge in [-0.05, 0) is 58.2 Å². The van der Waals surface area contributed by atoms with Gasteiger partial charge in [-0.2, -0.15) is 9.97 Å². The van der Waals surface area contributed by atoms with Crippen molar-refractivity contribution in [3.8, 4) is 11.1 Å². The van der Waals surface area contributed by atoms with E-state index in [-0.39, 0.29) is 18.2 Å². The molecule has 9 nitrogen and oxygen atoms in total. The molecular formula is C31H39N7O2. The van der Waals surface area contributed by atoms with Crippen LogP contribution in [0, 0.1) is 0 Å². The summed E-state index contributed by atoms with van der Waals surface area (Å²) in [5, 5.41) is 3.52. The SMILES string of the molecule is CC1CN(c2nc(NCc3ccc(-c4ccccc4)cc3)c3ncn(C(C)C)c3n2)CCN1C(=O)OC(C)(C)C. The van der Waals surface area contributed by atoms with Gasteiger partial charge in [-0.15, -0.1) is 0 Å². The Morgan fingerprint density at radius 3 is 2.38 bits per heavy atom. The molecule has 2 aromatic carbocycles. The van der Waals surface area contributed by atoms with E-state index in [1.807, 2.05) is 40.1 Å². The van der Waals surface area contributed by atoms with E-state index in [4.69, 9.17) is 14.7 Å². The van der Waals surface area contributed by atoms with Crippen LogP contribution >= 0.6 is 0 Å². The number of carbonyl (C=O) groups is 1. The molecule has 1 unspecified atom stereocenters. The third-order valence-corrected chi connectivity index (χ3v) is 7.03. The van der Waals surface area contributed by atoms with Gasteiger partial charge in [-0.25, -0.2) is 9.78 Å². The predicted molar refractivity (Wildman–Crippen MR) is 160 cm³/mol. The number of carbonyl (C=O) groups excluding carboxylic acids is 1. The van der Waals surface area contributed by atoms with Crippen LogP contribution < -0.4 is 10.2 Å². The van der Waals surface area contributed by atoms with Crippen LogP contribution in [0.5, 0.6) is 0 Å². The number of fused-ring (bicyclic) bond motifs is 1. The molecule has 9 heteroatoms. The fourth-order valence-electron chi connectivity index (χ4n) is 4.91. The van der Waals surface area contributed by atoms with Crippen molar-refractivity contribution >= 4 is 29.0 Å². The number of aromatic nitrogens is 4. The van der Waals surface area contributed by atoms with Gasteiger partial charge in [0.05, 0.1) is 6.33 Å². The van der Waals surface area contributed by atoms with Gasteiger partial charge in [-0.3, -0.25) is 0 Å². The number of rotatable bonds is 6. The minimum atomic E-state index is -0.528. The Bertz CT molecular complexity index is 1460. The molecule has 0 bridgehead atoms. The summed E-state index contributed by atoms with van der Waals surface area (Å²) >= 11 is 0. The van der Waals surface area contributed by atoms with Gasteiger partial charge in [0, 0.05) is 38.3 Å². The van der Waals surface area contributed by atoms with Gasteiger partial charge in [0.15, 0.2) is 17.0 Å². The van der Waals surface area contributed by atoms with Crippen molar-refractivity contribution < 1.29 is 9.53 Å². The van der Waals surface area contributed by atoms with Crippen molar-refractivity contribution in [1.29, 1.82) is 0 Å². The highest BCUT2D eigenvalue weighted by atomic mass is 16.6. The summed E-state index contributed by atoms with van der Waals surface area (Å²) in [4.78, 5) is 31.2. The van der Waals surface area contributed by atoms with Crippen molar-refractivity contribution in [3.63, 3.8) is 0 Å². The first kappa shape index (κ1) is 27.4. The Morgan fingerprint density at radius 2 is 1.73 bits per heavy atom. The topological polar surface area (TPSA) is 88.4 Å². The number of amides is 1. The fourth-order valence-corrected chi connectivity index (χ4v) is 4.91. The number of hydrogen-bond acceptors (Lipinski definition) is 7. The Morgan fingerprint density at radius 1 is 1.02 bits per heavy atom. The molecule has 1 aliphatic heterocycles. The van der Waals surface area contributed by atoms with Crippen molar-refractivity contribution in [3.05, 3.63) is 66.5 Å². The molecule has 210 valence electrons. The summed E-state index contributed by atoms with van der Waals surface area (Å²) in [5.74, 6) is 1.33. The van der Waals surface area contributed by atoms with E-state index in [2.05, 4.69) is 82.1 Å². The summed E-state index contributed by atoms with van der Waals surface area (Å²) in [6, 6.07) is 19.1. The maximum absolute atomic E-state index is 12.7. The van der Waals surface area contributed by atoms with Gasteiger partial charge in [0.25, 0.3) is 0 Å². The maximum Gasteiger partial charge on any atom is 0.410 e. The number of hydrogen-bond donors (Lipinski definition) is 1. The predicted octanol–water partition coefficient (Wildman–Crippen LogP) is 6.13. The van der Waals surface area contributed by atoms with Crippen LogP contribution in [0.25, 0.3) is 22.3 Å². The van der Waals surface area contributed by atoms with E-state index < -0.39 is 5.60 Å². The zero-order valence-corrected chi connectivity index (χ0v) is 24.3. The molecule has 2 aromatic heterocycles. The van der Waals surface area contributed by atoms with Gasteiger partial charge >= 0.3 is 6.09 Å². The molecule has 1 atom stereocenters. The average Bonchev–Trinajstić information content (AvgIpc) is 3.36. The molecular weight excluding hydrogens is 502 g/mol. The molecule has 1 N–H and O–H groups in total. The van der Waals surface area contributed by atoms with Crippen LogP contribution in [-0.2, 0) is 11.3 Å². The molecule has 4 aromatic rings. The third kappa shape index (κ3) is 6.03. The second-order valence-corrected chi connectivity index (χ2v) is 11.7. The zero-order chi connectivity index (χ0) is 28.4. The van der Waals surface area contributed by atoms with Crippen molar-refractivity contribution in [1.82, 2.24) is 24.4 Å². The van der Waals surface area contributed by atoms with Crippen LogP contribution in [0.1, 0.15) is 53.1 Å². The van der Waals surface area contributed by atoms with Crippen LogP contribution in [0.15, 0.2) is 60.9 Å². The van der Waals surface area contributed by atoms with Gasteiger partial charge in [0.2, 0.25) is 5.95 Å². The highest BCUT2D eigenvalue weighted by Crippen LogP contribution is 2.27. The first-order valence-corrected chi connectivity index (χ1v) is 14.0. The molecule has 5 rings (SSSR count). The molecule has 1 saturated heterocycles. The normalized spacial score (nSPS) is 16.0. The summed E-state index contributed by atoms with van der Waals surface area (Å²) in [5.41, 5.74) is 4.55. The minimum absolute atomic E-state index is 0.0440. The first-order chi connectivity index (χ1) is 19.1. The highest BCUT2D eigenvalue weighted by Gasteiger charge is 2.32. The molecule has 0 radical (unpaired) electrons. The van der Waals surface area contributed by atoms with Crippen LogP contribution in [0.4, 0.5) is 16.6 Å². The van der Waals surface area contributed by atoms with E-state index in [0.717, 1.165) is 16.7 Å². The Hall–Kier alpha value is -4.14. The van der Waals surface area contributed by atoms with E-state index in [1.165, 1.54) is 11.1 Å². The average molecular weight is 542 g/mol. The van der Waals surface area contributed by atoms with E-state index in [9.17, 15) is 4.79 Å². The van der Waals surface area contributed by atoms with Gasteiger partial charge < -0.3 is 24.4 Å². The van der Waals surface area contributed by atoms with Crippen LogP contribution in [0.3, 0.4) is 0 Å². The Balaban J connectivity index is 1.36. The molecule has 40 heavy (non-hydrogen) atoms. The molecule has 0 spiro atoms.